The smallest absolute Gasteiger partial charge is 0.251 e. The van der Waals surface area contributed by atoms with Crippen molar-refractivity contribution in [1.82, 2.24) is 14.8 Å². The van der Waals surface area contributed by atoms with E-state index in [2.05, 4.69) is 10.1 Å². The number of nitrogens with zero attached hydrogens (tertiary/aromatic N) is 2. The molecule has 2 rings (SSSR count). The van der Waals surface area contributed by atoms with Crippen LogP contribution in [0.3, 0.4) is 0 Å². The molecule has 0 saturated heterocycles. The van der Waals surface area contributed by atoms with Crippen molar-refractivity contribution in [2.45, 2.75) is 20.3 Å². The molecule has 0 radical (unpaired) electrons. The van der Waals surface area contributed by atoms with Gasteiger partial charge in [-0.15, -0.1) is 0 Å². The van der Waals surface area contributed by atoms with Gasteiger partial charge in [0, 0.05) is 23.7 Å². The van der Waals surface area contributed by atoms with Crippen LogP contribution in [-0.4, -0.2) is 14.8 Å². The number of aromatic nitrogens is 3. The summed E-state index contributed by atoms with van der Waals surface area (Å²) in [6, 6.07) is 3.75. The third-order valence-corrected chi connectivity index (χ3v) is 2.42. The molecule has 0 amide bonds. The Hall–Kier alpha value is -1.84. The molecule has 0 aliphatic carbocycles. The maximum absolute atomic E-state index is 11.5. The fourth-order valence-electron chi connectivity index (χ4n) is 1.57. The molecular weight excluding hydrogens is 190 g/mol. The highest BCUT2D eigenvalue weighted by Crippen LogP contribution is 2.10. The van der Waals surface area contributed by atoms with Crippen molar-refractivity contribution in [3.8, 4) is 5.69 Å². The Morgan fingerprint density at radius 1 is 1.53 bits per heavy atom. The van der Waals surface area contributed by atoms with E-state index < -0.39 is 0 Å². The minimum Gasteiger partial charge on any atom is -0.324 e. The number of H-pyrrole nitrogens is 1. The zero-order chi connectivity index (χ0) is 10.8. The van der Waals surface area contributed by atoms with Crippen LogP contribution in [0.1, 0.15) is 18.2 Å². The average molecular weight is 203 g/mol. The molecule has 78 valence electrons. The minimum absolute atomic E-state index is 0.00842. The predicted octanol–water partition coefficient (Wildman–Crippen LogP) is 1.43. The molecule has 15 heavy (non-hydrogen) atoms. The second-order valence-electron chi connectivity index (χ2n) is 3.44. The van der Waals surface area contributed by atoms with Gasteiger partial charge in [-0.25, -0.2) is 4.68 Å². The Morgan fingerprint density at radius 3 is 2.93 bits per heavy atom. The molecule has 0 atom stereocenters. The Bertz CT molecular complexity index is 511. The number of aromatic amines is 1. The number of hydrogen-bond acceptors (Lipinski definition) is 2. The average Bonchev–Trinajstić information content (AvgIpc) is 2.71. The van der Waals surface area contributed by atoms with E-state index in [4.69, 9.17) is 0 Å². The van der Waals surface area contributed by atoms with Gasteiger partial charge in [0.1, 0.15) is 0 Å². The largest absolute Gasteiger partial charge is 0.324 e. The maximum Gasteiger partial charge on any atom is 0.251 e. The van der Waals surface area contributed by atoms with Gasteiger partial charge in [-0.3, -0.25) is 4.79 Å². The molecule has 4 heteroatoms. The number of aryl methyl sites for hydroxylation is 2. The summed E-state index contributed by atoms with van der Waals surface area (Å²) in [5.74, 6) is 0. The predicted molar refractivity (Wildman–Crippen MR) is 58.3 cm³/mol. The molecule has 0 bridgehead atoms. The van der Waals surface area contributed by atoms with E-state index in [0.717, 1.165) is 23.4 Å². The quantitative estimate of drug-likeness (QED) is 0.802. The van der Waals surface area contributed by atoms with Crippen LogP contribution in [0.5, 0.6) is 0 Å². The third kappa shape index (κ3) is 1.70. The lowest BCUT2D eigenvalue weighted by Crippen LogP contribution is -2.15. The molecule has 1 N–H and O–H groups in total. The number of rotatable bonds is 2. The van der Waals surface area contributed by atoms with E-state index in [9.17, 15) is 4.79 Å². The SMILES string of the molecule is CCc1cc(-n2cccn2)c(C)[nH]c1=O. The first-order chi connectivity index (χ1) is 7.22. The van der Waals surface area contributed by atoms with Gasteiger partial charge in [-0.2, -0.15) is 5.10 Å². The Balaban J connectivity index is 2.62. The fraction of sp³-hybridized carbons (Fsp3) is 0.273. The fourth-order valence-corrected chi connectivity index (χ4v) is 1.57. The van der Waals surface area contributed by atoms with E-state index in [0.29, 0.717) is 0 Å². The van der Waals surface area contributed by atoms with E-state index >= 15 is 0 Å². The molecule has 2 heterocycles. The van der Waals surface area contributed by atoms with Crippen molar-refractivity contribution < 1.29 is 0 Å². The van der Waals surface area contributed by atoms with Crippen LogP contribution in [0.2, 0.25) is 0 Å². The number of pyridine rings is 1. The highest BCUT2D eigenvalue weighted by Gasteiger charge is 2.05. The summed E-state index contributed by atoms with van der Waals surface area (Å²) in [5.41, 5.74) is 2.54. The summed E-state index contributed by atoms with van der Waals surface area (Å²) in [5, 5.41) is 4.15. The van der Waals surface area contributed by atoms with Gasteiger partial charge in [0.05, 0.1) is 5.69 Å². The van der Waals surface area contributed by atoms with Crippen LogP contribution >= 0.6 is 0 Å². The molecule has 2 aromatic heterocycles. The summed E-state index contributed by atoms with van der Waals surface area (Å²) in [6.07, 6.45) is 4.31. The van der Waals surface area contributed by atoms with Crippen LogP contribution in [-0.2, 0) is 6.42 Å². The molecule has 4 nitrogen and oxygen atoms in total. The van der Waals surface area contributed by atoms with Crippen LogP contribution < -0.4 is 5.56 Å². The highest BCUT2D eigenvalue weighted by atomic mass is 16.1. The van der Waals surface area contributed by atoms with Gasteiger partial charge < -0.3 is 4.98 Å². The van der Waals surface area contributed by atoms with Gasteiger partial charge in [0.15, 0.2) is 0 Å². The zero-order valence-corrected chi connectivity index (χ0v) is 8.82. The summed E-state index contributed by atoms with van der Waals surface area (Å²) >= 11 is 0. The van der Waals surface area contributed by atoms with Crippen molar-refractivity contribution in [3.05, 3.63) is 46.1 Å². The zero-order valence-electron chi connectivity index (χ0n) is 8.82. The first kappa shape index (κ1) is 9.71. The third-order valence-electron chi connectivity index (χ3n) is 2.42. The van der Waals surface area contributed by atoms with Gasteiger partial charge in [0.2, 0.25) is 0 Å². The molecule has 0 unspecified atom stereocenters. The van der Waals surface area contributed by atoms with E-state index in [1.165, 1.54) is 0 Å². The topological polar surface area (TPSA) is 50.7 Å². The molecule has 0 aliphatic heterocycles. The van der Waals surface area contributed by atoms with Gasteiger partial charge >= 0.3 is 0 Å². The second-order valence-corrected chi connectivity index (χ2v) is 3.44. The monoisotopic (exact) mass is 203 g/mol. The molecule has 0 aromatic carbocycles. The summed E-state index contributed by atoms with van der Waals surface area (Å²) in [4.78, 5) is 14.3. The molecule has 0 aliphatic rings. The summed E-state index contributed by atoms with van der Waals surface area (Å²) in [7, 11) is 0. The Morgan fingerprint density at radius 2 is 2.33 bits per heavy atom. The van der Waals surface area contributed by atoms with E-state index in [-0.39, 0.29) is 5.56 Å². The lowest BCUT2D eigenvalue weighted by Gasteiger charge is -2.07. The minimum atomic E-state index is -0.00842. The van der Waals surface area contributed by atoms with Crippen molar-refractivity contribution in [3.63, 3.8) is 0 Å². The number of nitrogens with one attached hydrogen (secondary N) is 1. The van der Waals surface area contributed by atoms with Crippen LogP contribution in [0.25, 0.3) is 5.69 Å². The molecule has 2 aromatic rings. The maximum atomic E-state index is 11.5. The lowest BCUT2D eigenvalue weighted by molar-refractivity contribution is 0.850. The molecule has 0 fully saturated rings. The van der Waals surface area contributed by atoms with Crippen molar-refractivity contribution >= 4 is 0 Å². The first-order valence-electron chi connectivity index (χ1n) is 4.95. The van der Waals surface area contributed by atoms with E-state index in [1.807, 2.05) is 32.2 Å². The van der Waals surface area contributed by atoms with Gasteiger partial charge in [0.25, 0.3) is 5.56 Å². The van der Waals surface area contributed by atoms with Gasteiger partial charge in [-0.1, -0.05) is 6.92 Å². The second kappa shape index (κ2) is 3.73. The normalized spacial score (nSPS) is 10.5. The van der Waals surface area contributed by atoms with E-state index in [1.54, 1.807) is 10.9 Å². The number of hydrogen-bond donors (Lipinski definition) is 1. The van der Waals surface area contributed by atoms with Crippen molar-refractivity contribution in [1.29, 1.82) is 0 Å². The summed E-state index contributed by atoms with van der Waals surface area (Å²) < 4.78 is 1.75. The van der Waals surface area contributed by atoms with Crippen LogP contribution in [0.4, 0.5) is 0 Å². The van der Waals surface area contributed by atoms with Crippen molar-refractivity contribution in [2.24, 2.45) is 0 Å². The highest BCUT2D eigenvalue weighted by molar-refractivity contribution is 5.37. The molecule has 0 spiro atoms. The molecular formula is C11H13N3O. The first-order valence-corrected chi connectivity index (χ1v) is 4.95. The van der Waals surface area contributed by atoms with Crippen LogP contribution in [0, 0.1) is 6.92 Å². The summed E-state index contributed by atoms with van der Waals surface area (Å²) in [6.45, 7) is 3.84. The van der Waals surface area contributed by atoms with Crippen molar-refractivity contribution in [2.75, 3.05) is 0 Å². The van der Waals surface area contributed by atoms with Gasteiger partial charge in [-0.05, 0) is 25.5 Å². The van der Waals surface area contributed by atoms with Crippen LogP contribution in [0.15, 0.2) is 29.3 Å². The Labute approximate surface area is 87.6 Å². The molecule has 0 saturated carbocycles. The lowest BCUT2D eigenvalue weighted by atomic mass is 10.2. The Kier molecular flexibility index (Phi) is 2.41. The standard InChI is InChI=1S/C11H13N3O/c1-3-9-7-10(8(2)13-11(9)15)14-6-4-5-12-14/h4-7H,3H2,1-2H3,(H,13,15).